The first-order valence-corrected chi connectivity index (χ1v) is 8.51. The van der Waals surface area contributed by atoms with Crippen LogP contribution in [0, 0.1) is 0 Å². The lowest BCUT2D eigenvalue weighted by molar-refractivity contribution is 0.262. The van der Waals surface area contributed by atoms with Crippen molar-refractivity contribution < 1.29 is 14.3 Å². The summed E-state index contributed by atoms with van der Waals surface area (Å²) in [5.74, 6) is 1.13. The predicted molar refractivity (Wildman–Crippen MR) is 93.1 cm³/mol. The van der Waals surface area contributed by atoms with Crippen LogP contribution in [0.2, 0.25) is 0 Å². The van der Waals surface area contributed by atoms with Crippen molar-refractivity contribution in [1.82, 2.24) is 10.2 Å². The Kier molecular flexibility index (Phi) is 6.05. The van der Waals surface area contributed by atoms with Crippen molar-refractivity contribution in [3.63, 3.8) is 0 Å². The molecule has 0 saturated heterocycles. The van der Waals surface area contributed by atoms with Crippen LogP contribution in [0.4, 0.5) is 15.6 Å². The zero-order valence-corrected chi connectivity index (χ0v) is 14.9. The highest BCUT2D eigenvalue weighted by molar-refractivity contribution is 8.01. The number of carbonyl (C=O) groups is 1. The molecule has 0 unspecified atom stereocenters. The minimum absolute atomic E-state index is 0.394. The minimum atomic E-state index is -0.394. The van der Waals surface area contributed by atoms with E-state index in [1.54, 1.807) is 37.1 Å². The second-order valence-corrected chi connectivity index (χ2v) is 7.49. The SMILES string of the molecule is COc1ccc(NC(=O)Nc2nnc(SC(C)C)s2)cc1OC. The van der Waals surface area contributed by atoms with Crippen LogP contribution in [0.1, 0.15) is 13.8 Å². The number of hydrogen-bond acceptors (Lipinski definition) is 7. The van der Waals surface area contributed by atoms with Gasteiger partial charge in [-0.05, 0) is 12.1 Å². The van der Waals surface area contributed by atoms with Gasteiger partial charge < -0.3 is 14.8 Å². The number of methoxy groups -OCH3 is 2. The lowest BCUT2D eigenvalue weighted by atomic mass is 10.3. The summed E-state index contributed by atoms with van der Waals surface area (Å²) in [6.07, 6.45) is 0. The van der Waals surface area contributed by atoms with Gasteiger partial charge in [-0.15, -0.1) is 10.2 Å². The van der Waals surface area contributed by atoms with Gasteiger partial charge in [0.2, 0.25) is 5.13 Å². The van der Waals surface area contributed by atoms with E-state index in [-0.39, 0.29) is 0 Å². The lowest BCUT2D eigenvalue weighted by Crippen LogP contribution is -2.19. The normalized spacial score (nSPS) is 10.5. The summed E-state index contributed by atoms with van der Waals surface area (Å²) >= 11 is 2.94. The van der Waals surface area contributed by atoms with Crippen LogP contribution in [0.3, 0.4) is 0 Å². The summed E-state index contributed by atoms with van der Waals surface area (Å²) < 4.78 is 11.2. The van der Waals surface area contributed by atoms with E-state index in [1.165, 1.54) is 18.4 Å². The maximum atomic E-state index is 12.0. The maximum absolute atomic E-state index is 12.0. The Labute approximate surface area is 142 Å². The fourth-order valence-electron chi connectivity index (χ4n) is 1.68. The summed E-state index contributed by atoms with van der Waals surface area (Å²) in [7, 11) is 3.09. The standard InChI is InChI=1S/C14H18N4O3S2/c1-8(2)22-14-18-17-13(23-14)16-12(19)15-9-5-6-10(20-3)11(7-9)21-4/h5-8H,1-4H3,(H2,15,16,17,19). The van der Waals surface area contributed by atoms with E-state index in [9.17, 15) is 4.79 Å². The molecule has 23 heavy (non-hydrogen) atoms. The molecule has 0 aliphatic heterocycles. The van der Waals surface area contributed by atoms with E-state index in [0.717, 1.165) is 4.34 Å². The summed E-state index contributed by atoms with van der Waals surface area (Å²) in [6, 6.07) is 4.73. The van der Waals surface area contributed by atoms with Crippen LogP contribution in [-0.2, 0) is 0 Å². The summed E-state index contributed by atoms with van der Waals surface area (Å²) in [6.45, 7) is 4.14. The number of nitrogens with zero attached hydrogens (tertiary/aromatic N) is 2. The third-order valence-electron chi connectivity index (χ3n) is 2.60. The van der Waals surface area contributed by atoms with Crippen LogP contribution < -0.4 is 20.1 Å². The number of urea groups is 1. The second-order valence-electron chi connectivity index (χ2n) is 4.69. The van der Waals surface area contributed by atoms with Gasteiger partial charge in [0.25, 0.3) is 0 Å². The van der Waals surface area contributed by atoms with Crippen molar-refractivity contribution in [3.05, 3.63) is 18.2 Å². The Balaban J connectivity index is 1.98. The number of benzene rings is 1. The zero-order valence-electron chi connectivity index (χ0n) is 13.2. The van der Waals surface area contributed by atoms with E-state index >= 15 is 0 Å². The van der Waals surface area contributed by atoms with E-state index in [0.29, 0.717) is 27.6 Å². The molecule has 1 aromatic heterocycles. The Morgan fingerprint density at radius 3 is 2.57 bits per heavy atom. The Morgan fingerprint density at radius 2 is 1.91 bits per heavy atom. The molecule has 124 valence electrons. The lowest BCUT2D eigenvalue weighted by Gasteiger charge is -2.10. The van der Waals surface area contributed by atoms with Gasteiger partial charge in [0.15, 0.2) is 15.8 Å². The van der Waals surface area contributed by atoms with Gasteiger partial charge in [0, 0.05) is 17.0 Å². The fourth-order valence-corrected chi connectivity index (χ4v) is 3.65. The smallest absolute Gasteiger partial charge is 0.325 e. The second kappa shape index (κ2) is 8.02. The van der Waals surface area contributed by atoms with Crippen LogP contribution in [0.15, 0.2) is 22.5 Å². The van der Waals surface area contributed by atoms with Crippen LogP contribution in [0.25, 0.3) is 0 Å². The number of amides is 2. The van der Waals surface area contributed by atoms with Gasteiger partial charge in [0.1, 0.15) is 0 Å². The molecule has 9 heteroatoms. The third-order valence-corrected chi connectivity index (χ3v) is 4.53. The van der Waals surface area contributed by atoms with E-state index < -0.39 is 6.03 Å². The number of hydrogen-bond donors (Lipinski definition) is 2. The van der Waals surface area contributed by atoms with Crippen molar-refractivity contribution in [1.29, 1.82) is 0 Å². The molecule has 0 atom stereocenters. The summed E-state index contributed by atoms with van der Waals surface area (Å²) in [4.78, 5) is 12.0. The van der Waals surface area contributed by atoms with Crippen LogP contribution in [0.5, 0.6) is 11.5 Å². The van der Waals surface area contributed by atoms with E-state index in [2.05, 4.69) is 34.7 Å². The molecule has 2 N–H and O–H groups in total. The third kappa shape index (κ3) is 5.00. The van der Waals surface area contributed by atoms with Crippen molar-refractivity contribution in [2.75, 3.05) is 24.9 Å². The first-order valence-electron chi connectivity index (χ1n) is 6.82. The largest absolute Gasteiger partial charge is 0.493 e. The highest BCUT2D eigenvalue weighted by Crippen LogP contribution is 2.30. The predicted octanol–water partition coefficient (Wildman–Crippen LogP) is 3.70. The molecule has 0 radical (unpaired) electrons. The summed E-state index contributed by atoms with van der Waals surface area (Å²) in [5.41, 5.74) is 0.585. The number of thioether (sulfide) groups is 1. The summed E-state index contributed by atoms with van der Waals surface area (Å²) in [5, 5.41) is 14.2. The number of rotatable bonds is 6. The van der Waals surface area contributed by atoms with Gasteiger partial charge in [-0.3, -0.25) is 5.32 Å². The van der Waals surface area contributed by atoms with Crippen molar-refractivity contribution in [2.45, 2.75) is 23.4 Å². The Bertz CT molecular complexity index is 676. The van der Waals surface area contributed by atoms with Gasteiger partial charge in [0.05, 0.1) is 14.2 Å². The molecule has 7 nitrogen and oxygen atoms in total. The number of nitrogens with one attached hydrogen (secondary N) is 2. The molecule has 0 saturated carbocycles. The Morgan fingerprint density at radius 1 is 1.17 bits per heavy atom. The number of anilines is 2. The van der Waals surface area contributed by atoms with Gasteiger partial charge in [-0.1, -0.05) is 36.9 Å². The Hall–Kier alpha value is -2.00. The van der Waals surface area contributed by atoms with Crippen molar-refractivity contribution in [3.8, 4) is 11.5 Å². The van der Waals surface area contributed by atoms with E-state index in [1.807, 2.05) is 0 Å². The quantitative estimate of drug-likeness (QED) is 0.608. The highest BCUT2D eigenvalue weighted by Gasteiger charge is 2.11. The highest BCUT2D eigenvalue weighted by atomic mass is 32.2. The van der Waals surface area contributed by atoms with Crippen molar-refractivity contribution >= 4 is 39.9 Å². The van der Waals surface area contributed by atoms with Gasteiger partial charge in [-0.2, -0.15) is 0 Å². The molecule has 0 fully saturated rings. The van der Waals surface area contributed by atoms with Gasteiger partial charge in [-0.25, -0.2) is 4.79 Å². The molecule has 0 spiro atoms. The number of carbonyl (C=O) groups excluding carboxylic acids is 1. The minimum Gasteiger partial charge on any atom is -0.493 e. The fraction of sp³-hybridized carbons (Fsp3) is 0.357. The monoisotopic (exact) mass is 354 g/mol. The molecule has 2 aromatic rings. The molecular formula is C14H18N4O3S2. The zero-order chi connectivity index (χ0) is 16.8. The molecule has 0 aliphatic carbocycles. The van der Waals surface area contributed by atoms with Crippen LogP contribution in [-0.4, -0.2) is 35.7 Å². The molecule has 0 aliphatic rings. The first-order chi connectivity index (χ1) is 11.0. The average Bonchev–Trinajstić information content (AvgIpc) is 2.93. The maximum Gasteiger partial charge on any atom is 0.325 e. The molecule has 1 aromatic carbocycles. The average molecular weight is 354 g/mol. The van der Waals surface area contributed by atoms with Crippen molar-refractivity contribution in [2.24, 2.45) is 0 Å². The van der Waals surface area contributed by atoms with Gasteiger partial charge >= 0.3 is 6.03 Å². The molecule has 2 rings (SSSR count). The molecule has 1 heterocycles. The molecule has 0 bridgehead atoms. The number of ether oxygens (including phenoxy) is 2. The molecule has 2 amide bonds. The first kappa shape index (κ1) is 17.4. The number of aromatic nitrogens is 2. The topological polar surface area (TPSA) is 85.4 Å². The van der Waals surface area contributed by atoms with Crippen LogP contribution >= 0.6 is 23.1 Å². The molecular weight excluding hydrogens is 336 g/mol. The van der Waals surface area contributed by atoms with E-state index in [4.69, 9.17) is 9.47 Å².